The monoisotopic (exact) mass is 702 g/mol. The smallest absolute Gasteiger partial charge is 0.425 e. The average molecular weight is 703 g/mol. The number of carboxylic acid groups (broad SMARTS) is 1. The Kier molecular flexibility index (Phi) is 16.4. The molecule has 0 saturated heterocycles. The largest absolute Gasteiger partial charge is 0.478 e. The van der Waals surface area contributed by atoms with Crippen molar-refractivity contribution >= 4 is 17.9 Å². The van der Waals surface area contributed by atoms with E-state index in [0.717, 1.165) is 37.8 Å². The number of aromatic carboxylic acids is 1. The highest BCUT2D eigenvalue weighted by Crippen LogP contribution is 2.35. The maximum absolute atomic E-state index is 15.3. The highest BCUT2D eigenvalue weighted by atomic mass is 19.4. The molecule has 272 valence electrons. The second-order valence-electron chi connectivity index (χ2n) is 12.1. The number of alkyl halides is 3. The molecule has 1 N–H and O–H groups in total. The number of carboxylic acids is 1. The van der Waals surface area contributed by atoms with Crippen LogP contribution in [0.3, 0.4) is 0 Å². The first-order chi connectivity index (χ1) is 23.9. The zero-order chi connectivity index (χ0) is 36.5. The molecule has 0 aliphatic heterocycles. The van der Waals surface area contributed by atoms with Crippen LogP contribution in [-0.2, 0) is 14.3 Å². The summed E-state index contributed by atoms with van der Waals surface area (Å²) in [5, 5.41) is 9.62. The van der Waals surface area contributed by atoms with E-state index in [0.29, 0.717) is 54.9 Å². The van der Waals surface area contributed by atoms with Crippen LogP contribution in [0.2, 0.25) is 0 Å². The first kappa shape index (κ1) is 40.2. The molecule has 1 atom stereocenters. The van der Waals surface area contributed by atoms with Crippen LogP contribution in [0.15, 0.2) is 60.7 Å². The lowest BCUT2D eigenvalue weighted by molar-refractivity contribution is -0.206. The van der Waals surface area contributed by atoms with Crippen molar-refractivity contribution in [2.24, 2.45) is 0 Å². The molecule has 0 aliphatic carbocycles. The molecule has 0 radical (unpaired) electrons. The molecule has 0 aliphatic rings. The molecule has 50 heavy (non-hydrogen) atoms. The van der Waals surface area contributed by atoms with E-state index in [2.05, 4.69) is 6.92 Å². The molecular formula is C39H46F4O7. The predicted octanol–water partition coefficient (Wildman–Crippen LogP) is 10.6. The lowest BCUT2D eigenvalue weighted by Gasteiger charge is -2.21. The van der Waals surface area contributed by atoms with Crippen molar-refractivity contribution in [1.82, 2.24) is 0 Å². The van der Waals surface area contributed by atoms with Crippen molar-refractivity contribution in [3.05, 3.63) is 77.6 Å². The normalized spacial score (nSPS) is 12.0. The fraction of sp³-hybridized carbons (Fsp3) is 0.462. The van der Waals surface area contributed by atoms with Gasteiger partial charge in [-0.3, -0.25) is 4.79 Å². The van der Waals surface area contributed by atoms with Crippen LogP contribution < -0.4 is 4.74 Å². The van der Waals surface area contributed by atoms with Gasteiger partial charge in [0, 0.05) is 19.6 Å². The van der Waals surface area contributed by atoms with E-state index in [9.17, 15) is 32.7 Å². The molecule has 7 nitrogen and oxygen atoms in total. The van der Waals surface area contributed by atoms with Crippen LogP contribution >= 0.6 is 0 Å². The molecular weight excluding hydrogens is 656 g/mol. The average Bonchev–Trinajstić information content (AvgIpc) is 3.08. The van der Waals surface area contributed by atoms with Gasteiger partial charge in [-0.1, -0.05) is 76.1 Å². The molecule has 0 aromatic heterocycles. The SMILES string of the molecule is CCCCCCCCCC(=O)Oc1ccc(-c2ccc(C(=O)O)cc2-c2ccc(C(=O)O[C@H](CCCCCOCC)C(F)(F)F)c(F)c2)cc1. The van der Waals surface area contributed by atoms with E-state index >= 15 is 4.39 Å². The van der Waals surface area contributed by atoms with Crippen LogP contribution in [0.5, 0.6) is 5.75 Å². The summed E-state index contributed by atoms with van der Waals surface area (Å²) < 4.78 is 71.7. The number of benzene rings is 3. The van der Waals surface area contributed by atoms with Gasteiger partial charge in [-0.2, -0.15) is 13.2 Å². The Morgan fingerprint density at radius 1 is 0.760 bits per heavy atom. The minimum Gasteiger partial charge on any atom is -0.478 e. The topological polar surface area (TPSA) is 99.1 Å². The van der Waals surface area contributed by atoms with Crippen molar-refractivity contribution in [1.29, 1.82) is 0 Å². The third-order valence-electron chi connectivity index (χ3n) is 8.22. The quantitative estimate of drug-likeness (QED) is 0.0510. The Morgan fingerprint density at radius 2 is 1.42 bits per heavy atom. The number of carbonyl (C=O) groups is 3. The zero-order valence-electron chi connectivity index (χ0n) is 28.7. The number of esters is 2. The highest BCUT2D eigenvalue weighted by molar-refractivity contribution is 5.95. The van der Waals surface area contributed by atoms with Crippen LogP contribution in [0, 0.1) is 5.82 Å². The van der Waals surface area contributed by atoms with Gasteiger partial charge in [0.25, 0.3) is 0 Å². The predicted molar refractivity (Wildman–Crippen MR) is 183 cm³/mol. The molecule has 0 heterocycles. The maximum atomic E-state index is 15.3. The van der Waals surface area contributed by atoms with Gasteiger partial charge < -0.3 is 19.3 Å². The van der Waals surface area contributed by atoms with Crippen molar-refractivity contribution < 1.29 is 51.3 Å². The van der Waals surface area contributed by atoms with Gasteiger partial charge in [0.15, 0.2) is 6.10 Å². The maximum Gasteiger partial charge on any atom is 0.425 e. The summed E-state index contributed by atoms with van der Waals surface area (Å²) in [6.45, 7) is 4.90. The fourth-order valence-corrected chi connectivity index (χ4v) is 5.46. The first-order valence-electron chi connectivity index (χ1n) is 17.3. The van der Waals surface area contributed by atoms with E-state index in [-0.39, 0.29) is 23.5 Å². The van der Waals surface area contributed by atoms with Crippen LogP contribution in [-0.4, -0.2) is 48.5 Å². The lowest BCUT2D eigenvalue weighted by Crippen LogP contribution is -2.34. The summed E-state index contributed by atoms with van der Waals surface area (Å²) in [5.74, 6) is -3.81. The van der Waals surface area contributed by atoms with E-state index in [1.165, 1.54) is 37.5 Å². The Balaban J connectivity index is 1.74. The molecule has 0 saturated carbocycles. The van der Waals surface area contributed by atoms with Crippen LogP contribution in [0.25, 0.3) is 22.3 Å². The zero-order valence-corrected chi connectivity index (χ0v) is 28.7. The van der Waals surface area contributed by atoms with Gasteiger partial charge in [0.1, 0.15) is 11.6 Å². The molecule has 3 aromatic carbocycles. The van der Waals surface area contributed by atoms with Gasteiger partial charge in [-0.05, 0) is 91.3 Å². The molecule has 0 unspecified atom stereocenters. The van der Waals surface area contributed by atoms with E-state index in [4.69, 9.17) is 14.2 Å². The molecule has 0 amide bonds. The summed E-state index contributed by atoms with van der Waals surface area (Å²) in [6, 6.07) is 14.1. The Labute approximate surface area is 290 Å². The van der Waals surface area contributed by atoms with Gasteiger partial charge in [0.2, 0.25) is 0 Å². The number of carbonyl (C=O) groups excluding carboxylic acids is 2. The summed E-state index contributed by atoms with van der Waals surface area (Å²) in [4.78, 5) is 36.8. The minimum absolute atomic E-state index is 0.0853. The summed E-state index contributed by atoms with van der Waals surface area (Å²) in [5.41, 5.74) is 0.821. The fourth-order valence-electron chi connectivity index (χ4n) is 5.46. The first-order valence-corrected chi connectivity index (χ1v) is 17.3. The molecule has 11 heteroatoms. The minimum atomic E-state index is -4.83. The number of hydrogen-bond acceptors (Lipinski definition) is 6. The molecule has 0 fully saturated rings. The van der Waals surface area contributed by atoms with E-state index in [1.54, 1.807) is 30.3 Å². The molecule has 0 bridgehead atoms. The number of hydrogen-bond donors (Lipinski definition) is 1. The second kappa shape index (κ2) is 20.4. The third-order valence-corrected chi connectivity index (χ3v) is 8.22. The van der Waals surface area contributed by atoms with Gasteiger partial charge in [-0.25, -0.2) is 14.0 Å². The van der Waals surface area contributed by atoms with Crippen molar-refractivity contribution in [3.63, 3.8) is 0 Å². The number of unbranched alkanes of at least 4 members (excludes halogenated alkanes) is 8. The standard InChI is InChI=1S/C39H46F4O7/c1-3-5-6-7-8-9-12-15-36(44)49-30-20-16-27(17-21-30)31-22-19-29(37(45)46)25-33(31)28-18-23-32(34(40)26-28)38(47)50-35(39(41,42)43)14-11-10-13-24-48-4-2/h16-23,25-26,35H,3-15,24H2,1-2H3,(H,45,46)/t35-/m1/s1. The third kappa shape index (κ3) is 12.9. The molecule has 3 rings (SSSR count). The van der Waals surface area contributed by atoms with Crippen LogP contribution in [0.4, 0.5) is 17.6 Å². The number of halogens is 4. The van der Waals surface area contributed by atoms with E-state index in [1.807, 2.05) is 6.92 Å². The second-order valence-corrected chi connectivity index (χ2v) is 12.1. The highest BCUT2D eigenvalue weighted by Gasteiger charge is 2.42. The molecule has 0 spiro atoms. The van der Waals surface area contributed by atoms with Gasteiger partial charge in [0.05, 0.1) is 11.1 Å². The summed E-state index contributed by atoms with van der Waals surface area (Å²) in [7, 11) is 0. The molecule has 3 aromatic rings. The van der Waals surface area contributed by atoms with Crippen molar-refractivity contribution in [2.45, 2.75) is 103 Å². The Morgan fingerprint density at radius 3 is 2.06 bits per heavy atom. The number of rotatable bonds is 21. The summed E-state index contributed by atoms with van der Waals surface area (Å²) in [6.07, 6.45) is 1.27. The lowest BCUT2D eigenvalue weighted by atomic mass is 9.92. The van der Waals surface area contributed by atoms with Gasteiger partial charge in [-0.15, -0.1) is 0 Å². The van der Waals surface area contributed by atoms with Crippen molar-refractivity contribution in [2.75, 3.05) is 13.2 Å². The summed E-state index contributed by atoms with van der Waals surface area (Å²) >= 11 is 0. The van der Waals surface area contributed by atoms with E-state index < -0.39 is 42.0 Å². The van der Waals surface area contributed by atoms with Gasteiger partial charge >= 0.3 is 24.1 Å². The number of ether oxygens (including phenoxy) is 3. The Bertz CT molecular complexity index is 1540. The van der Waals surface area contributed by atoms with Crippen molar-refractivity contribution in [3.8, 4) is 28.0 Å². The van der Waals surface area contributed by atoms with Crippen LogP contribution in [0.1, 0.15) is 112 Å². The Hall–Kier alpha value is -4.25.